The largest absolute Gasteiger partial charge is 0.388 e. The van der Waals surface area contributed by atoms with Crippen LogP contribution in [0.4, 0.5) is 0 Å². The van der Waals surface area contributed by atoms with E-state index in [9.17, 15) is 14.7 Å². The number of amides is 2. The molecule has 0 aromatic heterocycles. The van der Waals surface area contributed by atoms with Crippen LogP contribution in [0.3, 0.4) is 0 Å². The van der Waals surface area contributed by atoms with Crippen LogP contribution in [-0.2, 0) is 20.9 Å². The van der Waals surface area contributed by atoms with Gasteiger partial charge in [-0.2, -0.15) is 0 Å². The highest BCUT2D eigenvalue weighted by molar-refractivity contribution is 6.35. The zero-order valence-corrected chi connectivity index (χ0v) is 12.4. The highest BCUT2D eigenvalue weighted by atomic mass is 16.5. The van der Waals surface area contributed by atoms with Gasteiger partial charge in [-0.05, 0) is 12.5 Å². The number of methoxy groups -OCH3 is 1. The van der Waals surface area contributed by atoms with Crippen molar-refractivity contribution in [3.63, 3.8) is 0 Å². The van der Waals surface area contributed by atoms with E-state index >= 15 is 0 Å². The minimum Gasteiger partial charge on any atom is -0.388 e. The van der Waals surface area contributed by atoms with Gasteiger partial charge in [0.25, 0.3) is 0 Å². The summed E-state index contributed by atoms with van der Waals surface area (Å²) < 4.78 is 4.87. The molecule has 116 valence electrons. The van der Waals surface area contributed by atoms with Gasteiger partial charge >= 0.3 is 11.8 Å². The summed E-state index contributed by atoms with van der Waals surface area (Å²) in [4.78, 5) is 23.2. The van der Waals surface area contributed by atoms with Crippen LogP contribution in [0.15, 0.2) is 30.3 Å². The van der Waals surface area contributed by atoms with Crippen molar-refractivity contribution < 1.29 is 19.4 Å². The summed E-state index contributed by atoms with van der Waals surface area (Å²) >= 11 is 0. The first-order valence-corrected chi connectivity index (χ1v) is 6.76. The molecule has 21 heavy (non-hydrogen) atoms. The number of rotatable bonds is 7. The van der Waals surface area contributed by atoms with E-state index in [0.717, 1.165) is 5.56 Å². The van der Waals surface area contributed by atoms with Gasteiger partial charge in [-0.25, -0.2) is 0 Å². The molecule has 0 spiro atoms. The topological polar surface area (TPSA) is 87.7 Å². The number of benzene rings is 1. The van der Waals surface area contributed by atoms with Crippen molar-refractivity contribution in [3.05, 3.63) is 35.9 Å². The molecule has 1 unspecified atom stereocenters. The summed E-state index contributed by atoms with van der Waals surface area (Å²) in [7, 11) is 1.53. The van der Waals surface area contributed by atoms with Gasteiger partial charge in [0.1, 0.15) is 0 Å². The van der Waals surface area contributed by atoms with E-state index in [2.05, 4.69) is 10.6 Å². The molecule has 0 heterocycles. The number of carbonyl (C=O) groups excluding carboxylic acids is 2. The Bertz CT molecular complexity index is 460. The third-order valence-corrected chi connectivity index (χ3v) is 2.98. The molecule has 1 aromatic carbocycles. The minimum absolute atomic E-state index is 0.00600. The molecule has 0 aliphatic heterocycles. The monoisotopic (exact) mass is 294 g/mol. The van der Waals surface area contributed by atoms with E-state index in [-0.39, 0.29) is 13.1 Å². The lowest BCUT2D eigenvalue weighted by molar-refractivity contribution is -0.139. The van der Waals surface area contributed by atoms with Crippen LogP contribution in [0, 0.1) is 0 Å². The zero-order valence-electron chi connectivity index (χ0n) is 12.4. The lowest BCUT2D eigenvalue weighted by Gasteiger charge is -2.22. The average Bonchev–Trinajstić information content (AvgIpc) is 2.49. The van der Waals surface area contributed by atoms with Crippen molar-refractivity contribution in [1.82, 2.24) is 10.6 Å². The normalized spacial score (nSPS) is 13.3. The van der Waals surface area contributed by atoms with E-state index in [0.29, 0.717) is 13.0 Å². The van der Waals surface area contributed by atoms with Gasteiger partial charge in [0.2, 0.25) is 0 Å². The summed E-state index contributed by atoms with van der Waals surface area (Å²) in [5.74, 6) is -1.48. The standard InChI is InChI=1S/C15H22N2O4/c1-15(20,8-9-21-2)11-17-14(19)13(18)16-10-12-6-4-3-5-7-12/h3-7,20H,8-11H2,1-2H3,(H,16,18)(H,17,19). The van der Waals surface area contributed by atoms with Gasteiger partial charge in [0, 0.05) is 33.2 Å². The molecule has 0 bridgehead atoms. The Balaban J connectivity index is 2.33. The average molecular weight is 294 g/mol. The molecule has 2 amide bonds. The Morgan fingerprint density at radius 3 is 2.43 bits per heavy atom. The highest BCUT2D eigenvalue weighted by Crippen LogP contribution is 2.07. The predicted molar refractivity (Wildman–Crippen MR) is 78.4 cm³/mol. The van der Waals surface area contributed by atoms with Crippen LogP contribution < -0.4 is 10.6 Å². The van der Waals surface area contributed by atoms with E-state index in [1.54, 1.807) is 6.92 Å². The quantitative estimate of drug-likeness (QED) is 0.627. The maximum atomic E-state index is 11.6. The molecule has 1 aromatic rings. The number of hydrogen-bond acceptors (Lipinski definition) is 4. The Labute approximate surface area is 124 Å². The number of hydrogen-bond donors (Lipinski definition) is 3. The van der Waals surface area contributed by atoms with Gasteiger partial charge in [-0.15, -0.1) is 0 Å². The van der Waals surface area contributed by atoms with Crippen LogP contribution >= 0.6 is 0 Å². The van der Waals surface area contributed by atoms with Gasteiger partial charge in [-0.1, -0.05) is 30.3 Å². The molecular weight excluding hydrogens is 272 g/mol. The molecule has 6 heteroatoms. The maximum Gasteiger partial charge on any atom is 0.309 e. The van der Waals surface area contributed by atoms with Crippen LogP contribution in [0.25, 0.3) is 0 Å². The summed E-state index contributed by atoms with van der Waals surface area (Å²) in [5.41, 5.74) is -0.198. The van der Waals surface area contributed by atoms with Gasteiger partial charge in [0.05, 0.1) is 5.60 Å². The first-order valence-electron chi connectivity index (χ1n) is 6.76. The Hall–Kier alpha value is -1.92. The predicted octanol–water partition coefficient (Wildman–Crippen LogP) is 0.207. The van der Waals surface area contributed by atoms with Gasteiger partial charge in [0.15, 0.2) is 0 Å². The van der Waals surface area contributed by atoms with Crippen LogP contribution in [0.1, 0.15) is 18.9 Å². The Morgan fingerprint density at radius 1 is 1.19 bits per heavy atom. The SMILES string of the molecule is COCCC(C)(O)CNC(=O)C(=O)NCc1ccccc1. The molecule has 0 aliphatic rings. The lowest BCUT2D eigenvalue weighted by atomic mass is 10.0. The van der Waals surface area contributed by atoms with E-state index in [4.69, 9.17) is 4.74 Å². The van der Waals surface area contributed by atoms with Crippen LogP contribution in [0.2, 0.25) is 0 Å². The summed E-state index contributed by atoms with van der Waals surface area (Å²) in [6, 6.07) is 9.30. The zero-order chi connectivity index (χ0) is 15.7. The molecule has 0 fully saturated rings. The van der Waals surface area contributed by atoms with Crippen LogP contribution in [-0.4, -0.2) is 42.8 Å². The molecule has 0 aliphatic carbocycles. The van der Waals surface area contributed by atoms with Crippen molar-refractivity contribution in [2.75, 3.05) is 20.3 Å². The first-order chi connectivity index (χ1) is 9.94. The molecule has 1 atom stereocenters. The van der Waals surface area contributed by atoms with E-state index < -0.39 is 17.4 Å². The molecule has 1 rings (SSSR count). The number of carbonyl (C=O) groups is 2. The Morgan fingerprint density at radius 2 is 1.81 bits per heavy atom. The highest BCUT2D eigenvalue weighted by Gasteiger charge is 2.22. The van der Waals surface area contributed by atoms with Crippen molar-refractivity contribution in [2.45, 2.75) is 25.5 Å². The fourth-order valence-electron chi connectivity index (χ4n) is 1.62. The Kier molecular flexibility index (Phi) is 6.84. The third kappa shape index (κ3) is 6.87. The maximum absolute atomic E-state index is 11.6. The van der Waals surface area contributed by atoms with Crippen molar-refractivity contribution in [1.29, 1.82) is 0 Å². The van der Waals surface area contributed by atoms with E-state index in [1.165, 1.54) is 7.11 Å². The third-order valence-electron chi connectivity index (χ3n) is 2.98. The van der Waals surface area contributed by atoms with Gasteiger partial charge < -0.3 is 20.5 Å². The van der Waals surface area contributed by atoms with Crippen molar-refractivity contribution >= 4 is 11.8 Å². The fraction of sp³-hybridized carbons (Fsp3) is 0.467. The second-order valence-corrected chi connectivity index (χ2v) is 5.09. The summed E-state index contributed by atoms with van der Waals surface area (Å²) in [5, 5.41) is 14.9. The van der Waals surface area contributed by atoms with E-state index in [1.807, 2.05) is 30.3 Å². The first kappa shape index (κ1) is 17.1. The minimum atomic E-state index is -1.11. The number of ether oxygens (including phenoxy) is 1. The van der Waals surface area contributed by atoms with Crippen molar-refractivity contribution in [3.8, 4) is 0 Å². The fourth-order valence-corrected chi connectivity index (χ4v) is 1.62. The summed E-state index contributed by atoms with van der Waals surface area (Å²) in [6.07, 6.45) is 0.370. The molecule has 3 N–H and O–H groups in total. The molecule has 0 saturated heterocycles. The smallest absolute Gasteiger partial charge is 0.309 e. The second-order valence-electron chi connectivity index (χ2n) is 5.09. The number of nitrogens with one attached hydrogen (secondary N) is 2. The molecular formula is C15H22N2O4. The van der Waals surface area contributed by atoms with Gasteiger partial charge in [-0.3, -0.25) is 9.59 Å². The van der Waals surface area contributed by atoms with Crippen molar-refractivity contribution in [2.24, 2.45) is 0 Å². The molecule has 6 nitrogen and oxygen atoms in total. The second kappa shape index (κ2) is 8.39. The number of aliphatic hydroxyl groups is 1. The van der Waals surface area contributed by atoms with Crippen LogP contribution in [0.5, 0.6) is 0 Å². The molecule has 0 radical (unpaired) electrons. The summed E-state index contributed by atoms with van der Waals surface area (Å²) in [6.45, 7) is 2.23. The molecule has 0 saturated carbocycles. The lowest BCUT2D eigenvalue weighted by Crippen LogP contribution is -2.46.